The maximum atomic E-state index is 5.42. The van der Waals surface area contributed by atoms with Gasteiger partial charge in [0.15, 0.2) is 0 Å². The first-order valence-corrected chi connectivity index (χ1v) is 7.69. The lowest BCUT2D eigenvalue weighted by atomic mass is 10.1. The van der Waals surface area contributed by atoms with Crippen molar-refractivity contribution in [2.45, 2.75) is 13.3 Å². The van der Waals surface area contributed by atoms with Crippen molar-refractivity contribution in [3.63, 3.8) is 0 Å². The molecule has 0 saturated heterocycles. The van der Waals surface area contributed by atoms with Gasteiger partial charge in [-0.1, -0.05) is 6.92 Å². The summed E-state index contributed by atoms with van der Waals surface area (Å²) in [4.78, 5) is 8.27. The Kier molecular flexibility index (Phi) is 6.50. The number of rotatable bonds is 9. The van der Waals surface area contributed by atoms with E-state index in [9.17, 15) is 0 Å². The van der Waals surface area contributed by atoms with E-state index in [2.05, 4.69) is 34.0 Å². The predicted molar refractivity (Wildman–Crippen MR) is 96.7 cm³/mol. The minimum atomic E-state index is 0.631. The van der Waals surface area contributed by atoms with Crippen LogP contribution < -0.4 is 5.32 Å². The van der Waals surface area contributed by atoms with Crippen LogP contribution in [0.4, 0.5) is 5.82 Å². The molecule has 1 N–H and O–H groups in total. The molecule has 6 nitrogen and oxygen atoms in total. The van der Waals surface area contributed by atoms with Gasteiger partial charge in [-0.25, -0.2) is 4.52 Å². The summed E-state index contributed by atoms with van der Waals surface area (Å²) in [6.45, 7) is 7.66. The zero-order valence-electron chi connectivity index (χ0n) is 13.7. The molecule has 0 aliphatic heterocycles. The first kappa shape index (κ1) is 16.9. The standard InChI is InChI=1S/C17H23N5O/c1-4-8-23-9-6-20-13-15(12-18-2)14-5-7-22-16(10-14)11-17(19-3)21-22/h5,7,10-13H,2,4,6,8-9H2,1,3H3,(H,19,21)/b15-12+,20-13-. The van der Waals surface area contributed by atoms with Crippen LogP contribution in [0.1, 0.15) is 18.9 Å². The van der Waals surface area contributed by atoms with Crippen LogP contribution >= 0.6 is 0 Å². The average Bonchev–Trinajstić information content (AvgIpc) is 2.99. The Morgan fingerprint density at radius 3 is 3.04 bits per heavy atom. The molecule has 122 valence electrons. The van der Waals surface area contributed by atoms with E-state index in [1.54, 1.807) is 6.20 Å². The van der Waals surface area contributed by atoms with Gasteiger partial charge in [0.25, 0.3) is 0 Å². The number of nitrogens with zero attached hydrogens (tertiary/aromatic N) is 4. The van der Waals surface area contributed by atoms with Gasteiger partial charge >= 0.3 is 0 Å². The topological polar surface area (TPSA) is 63.3 Å². The van der Waals surface area contributed by atoms with Crippen molar-refractivity contribution in [3.05, 3.63) is 36.2 Å². The average molecular weight is 313 g/mol. The summed E-state index contributed by atoms with van der Waals surface area (Å²) in [6, 6.07) is 6.01. The summed E-state index contributed by atoms with van der Waals surface area (Å²) in [5, 5.41) is 7.42. The van der Waals surface area contributed by atoms with Crippen molar-refractivity contribution < 1.29 is 4.74 Å². The Labute approximate surface area is 136 Å². The fourth-order valence-corrected chi connectivity index (χ4v) is 2.10. The Morgan fingerprint density at radius 1 is 1.43 bits per heavy atom. The van der Waals surface area contributed by atoms with E-state index in [-0.39, 0.29) is 0 Å². The molecule has 2 rings (SSSR count). The van der Waals surface area contributed by atoms with Gasteiger partial charge in [-0.3, -0.25) is 9.98 Å². The third kappa shape index (κ3) is 4.75. The molecule has 0 atom stereocenters. The predicted octanol–water partition coefficient (Wildman–Crippen LogP) is 2.91. The van der Waals surface area contributed by atoms with Crippen molar-refractivity contribution in [1.29, 1.82) is 0 Å². The molecule has 0 radical (unpaired) electrons. The van der Waals surface area contributed by atoms with E-state index < -0.39 is 0 Å². The number of aliphatic imine (C=N–C) groups is 2. The van der Waals surface area contributed by atoms with Crippen LogP contribution in [-0.2, 0) is 4.74 Å². The number of allylic oxidation sites excluding steroid dienone is 1. The van der Waals surface area contributed by atoms with Crippen molar-refractivity contribution in [1.82, 2.24) is 9.61 Å². The van der Waals surface area contributed by atoms with Crippen LogP contribution in [0, 0.1) is 0 Å². The highest BCUT2D eigenvalue weighted by Gasteiger charge is 2.04. The molecule has 0 fully saturated rings. The summed E-state index contributed by atoms with van der Waals surface area (Å²) >= 11 is 0. The molecule has 0 saturated carbocycles. The summed E-state index contributed by atoms with van der Waals surface area (Å²) in [6.07, 6.45) is 6.46. The minimum absolute atomic E-state index is 0.631. The molecule has 6 heteroatoms. The molecule has 0 bridgehead atoms. The number of pyridine rings is 1. The molecule has 23 heavy (non-hydrogen) atoms. The van der Waals surface area contributed by atoms with E-state index in [0.29, 0.717) is 13.2 Å². The van der Waals surface area contributed by atoms with E-state index in [1.807, 2.05) is 42.2 Å². The summed E-state index contributed by atoms with van der Waals surface area (Å²) in [5.41, 5.74) is 2.93. The maximum absolute atomic E-state index is 5.42. The number of nitrogens with one attached hydrogen (secondary N) is 1. The lowest BCUT2D eigenvalue weighted by molar-refractivity contribution is 0.142. The summed E-state index contributed by atoms with van der Waals surface area (Å²) in [5.74, 6) is 0.830. The fraction of sp³-hybridized carbons (Fsp3) is 0.353. The zero-order valence-corrected chi connectivity index (χ0v) is 13.7. The second kappa shape index (κ2) is 8.85. The molecule has 2 aromatic rings. The first-order valence-electron chi connectivity index (χ1n) is 7.69. The molecule has 0 aliphatic carbocycles. The fourth-order valence-electron chi connectivity index (χ4n) is 2.10. The van der Waals surface area contributed by atoms with Gasteiger partial charge in [-0.15, -0.1) is 0 Å². The Balaban J connectivity index is 2.12. The molecule has 2 aromatic heterocycles. The van der Waals surface area contributed by atoms with Gasteiger partial charge in [-0.2, -0.15) is 5.10 Å². The lowest BCUT2D eigenvalue weighted by Crippen LogP contribution is -1.99. The SMILES string of the molecule is C=N/C=C(\C=N/CCOCCC)c1ccn2nc(NC)cc2c1. The van der Waals surface area contributed by atoms with E-state index in [1.165, 1.54) is 0 Å². The molecule has 2 heterocycles. The second-order valence-corrected chi connectivity index (χ2v) is 4.98. The third-order valence-electron chi connectivity index (χ3n) is 3.23. The highest BCUT2D eigenvalue weighted by molar-refractivity contribution is 6.10. The summed E-state index contributed by atoms with van der Waals surface area (Å²) in [7, 11) is 1.85. The highest BCUT2D eigenvalue weighted by Crippen LogP contribution is 2.17. The van der Waals surface area contributed by atoms with Crippen molar-refractivity contribution in [3.8, 4) is 0 Å². The minimum Gasteiger partial charge on any atom is -0.380 e. The number of fused-ring (bicyclic) bond motifs is 1. The van der Waals surface area contributed by atoms with E-state index in [4.69, 9.17) is 4.74 Å². The number of hydrogen-bond donors (Lipinski definition) is 1. The van der Waals surface area contributed by atoms with Crippen LogP contribution in [0.5, 0.6) is 0 Å². The van der Waals surface area contributed by atoms with Crippen molar-refractivity contribution in [2.24, 2.45) is 9.98 Å². The van der Waals surface area contributed by atoms with Gasteiger partial charge in [-0.05, 0) is 30.8 Å². The molecule has 0 aromatic carbocycles. The smallest absolute Gasteiger partial charge is 0.148 e. The molecule has 0 amide bonds. The quantitative estimate of drug-likeness (QED) is 0.572. The van der Waals surface area contributed by atoms with Gasteiger partial charge < -0.3 is 10.1 Å². The Hall–Kier alpha value is -2.47. The number of hydrogen-bond acceptors (Lipinski definition) is 5. The maximum Gasteiger partial charge on any atom is 0.148 e. The normalized spacial score (nSPS) is 12.2. The first-order chi connectivity index (χ1) is 11.3. The number of anilines is 1. The van der Waals surface area contributed by atoms with E-state index >= 15 is 0 Å². The van der Waals surface area contributed by atoms with Crippen LogP contribution in [0.25, 0.3) is 11.1 Å². The summed E-state index contributed by atoms with van der Waals surface area (Å²) < 4.78 is 7.24. The zero-order chi connectivity index (χ0) is 16.5. The molecule has 0 spiro atoms. The van der Waals surface area contributed by atoms with Crippen molar-refractivity contribution >= 4 is 29.8 Å². The third-order valence-corrected chi connectivity index (χ3v) is 3.23. The number of aromatic nitrogens is 2. The Bertz CT molecular complexity index is 702. The monoisotopic (exact) mass is 313 g/mol. The van der Waals surface area contributed by atoms with Crippen LogP contribution in [-0.4, -0.2) is 49.4 Å². The molecular formula is C17H23N5O. The molecular weight excluding hydrogens is 290 g/mol. The molecule has 0 unspecified atom stereocenters. The van der Waals surface area contributed by atoms with Crippen molar-refractivity contribution in [2.75, 3.05) is 32.1 Å². The van der Waals surface area contributed by atoms with E-state index in [0.717, 1.165) is 35.5 Å². The van der Waals surface area contributed by atoms with Gasteiger partial charge in [0, 0.05) is 43.9 Å². The van der Waals surface area contributed by atoms with Gasteiger partial charge in [0.05, 0.1) is 18.7 Å². The van der Waals surface area contributed by atoms with Gasteiger partial charge in [0.2, 0.25) is 0 Å². The largest absolute Gasteiger partial charge is 0.380 e. The number of ether oxygens (including phenoxy) is 1. The van der Waals surface area contributed by atoms with Gasteiger partial charge in [0.1, 0.15) is 5.82 Å². The van der Waals surface area contributed by atoms with Crippen LogP contribution in [0.2, 0.25) is 0 Å². The molecule has 0 aliphatic rings. The van der Waals surface area contributed by atoms with Crippen LogP contribution in [0.15, 0.2) is 40.6 Å². The lowest BCUT2D eigenvalue weighted by Gasteiger charge is -2.03. The highest BCUT2D eigenvalue weighted by atomic mass is 16.5. The van der Waals surface area contributed by atoms with Crippen LogP contribution in [0.3, 0.4) is 0 Å². The Morgan fingerprint density at radius 2 is 2.30 bits per heavy atom. The second-order valence-electron chi connectivity index (χ2n) is 4.98.